The van der Waals surface area contributed by atoms with Gasteiger partial charge in [0.15, 0.2) is 0 Å². The summed E-state index contributed by atoms with van der Waals surface area (Å²) in [5, 5.41) is 0. The third kappa shape index (κ3) is 1.85. The Labute approximate surface area is 79.0 Å². The summed E-state index contributed by atoms with van der Waals surface area (Å²) in [7, 11) is 2.16. The van der Waals surface area contributed by atoms with E-state index in [2.05, 4.69) is 11.9 Å². The SMILES string of the molecule is CN1CCC[C@H]1[C@@H]1CCOC(=O)C1. The average molecular weight is 183 g/mol. The van der Waals surface area contributed by atoms with Crippen molar-refractivity contribution in [2.45, 2.75) is 31.7 Å². The van der Waals surface area contributed by atoms with E-state index in [1.165, 1.54) is 19.4 Å². The lowest BCUT2D eigenvalue weighted by atomic mass is 9.90. The number of cyclic esters (lactones) is 1. The Morgan fingerprint density at radius 1 is 1.46 bits per heavy atom. The molecule has 0 radical (unpaired) electrons. The first-order valence-corrected chi connectivity index (χ1v) is 5.13. The molecule has 0 N–H and O–H groups in total. The van der Waals surface area contributed by atoms with Crippen LogP contribution in [-0.4, -0.2) is 37.1 Å². The molecule has 2 heterocycles. The van der Waals surface area contributed by atoms with E-state index in [1.54, 1.807) is 0 Å². The molecular formula is C10H17NO2. The molecule has 2 aliphatic rings. The Balaban J connectivity index is 1.95. The molecule has 0 aromatic heterocycles. The van der Waals surface area contributed by atoms with Gasteiger partial charge in [-0.15, -0.1) is 0 Å². The molecule has 74 valence electrons. The van der Waals surface area contributed by atoms with Crippen molar-refractivity contribution < 1.29 is 9.53 Å². The largest absolute Gasteiger partial charge is 0.466 e. The lowest BCUT2D eigenvalue weighted by molar-refractivity contribution is -0.150. The van der Waals surface area contributed by atoms with Crippen molar-refractivity contribution in [2.24, 2.45) is 5.92 Å². The van der Waals surface area contributed by atoms with Gasteiger partial charge in [0.2, 0.25) is 0 Å². The van der Waals surface area contributed by atoms with Crippen molar-refractivity contribution in [3.05, 3.63) is 0 Å². The Hall–Kier alpha value is -0.570. The Morgan fingerprint density at radius 2 is 2.31 bits per heavy atom. The van der Waals surface area contributed by atoms with Crippen molar-refractivity contribution in [2.75, 3.05) is 20.2 Å². The van der Waals surface area contributed by atoms with Gasteiger partial charge < -0.3 is 9.64 Å². The first kappa shape index (κ1) is 9.00. The highest BCUT2D eigenvalue weighted by atomic mass is 16.5. The molecule has 13 heavy (non-hydrogen) atoms. The maximum absolute atomic E-state index is 11.1. The minimum Gasteiger partial charge on any atom is -0.466 e. The number of ether oxygens (including phenoxy) is 1. The summed E-state index contributed by atoms with van der Waals surface area (Å²) < 4.78 is 4.95. The molecule has 0 unspecified atom stereocenters. The quantitative estimate of drug-likeness (QED) is 0.569. The Bertz CT molecular complexity index is 205. The van der Waals surface area contributed by atoms with E-state index in [1.807, 2.05) is 0 Å². The minimum atomic E-state index is -0.00319. The number of likely N-dealkylation sites (tertiary alicyclic amines) is 1. The zero-order chi connectivity index (χ0) is 9.26. The van der Waals surface area contributed by atoms with E-state index >= 15 is 0 Å². The molecule has 3 nitrogen and oxygen atoms in total. The van der Waals surface area contributed by atoms with E-state index in [0.717, 1.165) is 6.42 Å². The summed E-state index contributed by atoms with van der Waals surface area (Å²) in [4.78, 5) is 13.5. The highest BCUT2D eigenvalue weighted by Gasteiger charge is 2.33. The topological polar surface area (TPSA) is 29.5 Å². The molecule has 0 spiro atoms. The number of hydrogen-bond acceptors (Lipinski definition) is 3. The van der Waals surface area contributed by atoms with Gasteiger partial charge in [-0.05, 0) is 38.8 Å². The lowest BCUT2D eigenvalue weighted by Crippen LogP contribution is -2.37. The van der Waals surface area contributed by atoms with Crippen LogP contribution in [0.15, 0.2) is 0 Å². The highest BCUT2D eigenvalue weighted by Crippen LogP contribution is 2.29. The summed E-state index contributed by atoms with van der Waals surface area (Å²) >= 11 is 0. The molecule has 0 saturated carbocycles. The molecule has 2 fully saturated rings. The van der Waals surface area contributed by atoms with Crippen LogP contribution in [0.3, 0.4) is 0 Å². The predicted octanol–water partition coefficient (Wildman–Crippen LogP) is 1.03. The van der Waals surface area contributed by atoms with E-state index in [9.17, 15) is 4.79 Å². The van der Waals surface area contributed by atoms with Crippen LogP contribution in [0, 0.1) is 5.92 Å². The molecule has 2 saturated heterocycles. The van der Waals surface area contributed by atoms with E-state index in [0.29, 0.717) is 25.0 Å². The number of carbonyl (C=O) groups is 1. The van der Waals surface area contributed by atoms with Crippen LogP contribution in [0.5, 0.6) is 0 Å². The van der Waals surface area contributed by atoms with Crippen molar-refractivity contribution in [1.82, 2.24) is 4.90 Å². The molecule has 0 aromatic rings. The second-order valence-corrected chi connectivity index (χ2v) is 4.16. The maximum Gasteiger partial charge on any atom is 0.306 e. The second kappa shape index (κ2) is 3.66. The molecule has 2 aliphatic heterocycles. The van der Waals surface area contributed by atoms with Crippen LogP contribution in [-0.2, 0) is 9.53 Å². The number of hydrogen-bond donors (Lipinski definition) is 0. The smallest absolute Gasteiger partial charge is 0.306 e. The van der Waals surface area contributed by atoms with Crippen LogP contribution < -0.4 is 0 Å². The van der Waals surface area contributed by atoms with E-state index in [-0.39, 0.29) is 5.97 Å². The lowest BCUT2D eigenvalue weighted by Gasteiger charge is -2.31. The summed E-state index contributed by atoms with van der Waals surface area (Å²) in [6, 6.07) is 0.632. The molecule has 2 rings (SSSR count). The Kier molecular flexibility index (Phi) is 2.54. The zero-order valence-corrected chi connectivity index (χ0v) is 8.16. The first-order valence-electron chi connectivity index (χ1n) is 5.13. The summed E-state index contributed by atoms with van der Waals surface area (Å²) in [6.45, 7) is 1.82. The third-order valence-electron chi connectivity index (χ3n) is 3.30. The van der Waals surface area contributed by atoms with Crippen LogP contribution in [0.2, 0.25) is 0 Å². The number of carbonyl (C=O) groups excluding carboxylic acids is 1. The molecular weight excluding hydrogens is 166 g/mol. The predicted molar refractivity (Wildman–Crippen MR) is 49.3 cm³/mol. The van der Waals surface area contributed by atoms with Gasteiger partial charge in [-0.25, -0.2) is 0 Å². The Morgan fingerprint density at radius 3 is 2.92 bits per heavy atom. The van der Waals surface area contributed by atoms with Gasteiger partial charge >= 0.3 is 5.97 Å². The maximum atomic E-state index is 11.1. The molecule has 0 aromatic carbocycles. The summed E-state index contributed by atoms with van der Waals surface area (Å²) in [5.74, 6) is 0.547. The fourth-order valence-electron chi connectivity index (χ4n) is 2.56. The van der Waals surface area contributed by atoms with Gasteiger partial charge in [-0.1, -0.05) is 0 Å². The second-order valence-electron chi connectivity index (χ2n) is 4.16. The first-order chi connectivity index (χ1) is 6.27. The number of esters is 1. The van der Waals surface area contributed by atoms with Gasteiger partial charge in [0.1, 0.15) is 0 Å². The fourth-order valence-corrected chi connectivity index (χ4v) is 2.56. The molecule has 0 bridgehead atoms. The standard InChI is InChI=1S/C10H17NO2/c1-11-5-2-3-9(11)8-4-6-13-10(12)7-8/h8-9H,2-7H2,1H3/t8-,9+/m1/s1. The monoisotopic (exact) mass is 183 g/mol. The van der Waals surface area contributed by atoms with Gasteiger partial charge in [0, 0.05) is 12.5 Å². The van der Waals surface area contributed by atoms with Gasteiger partial charge in [-0.3, -0.25) is 4.79 Å². The third-order valence-corrected chi connectivity index (χ3v) is 3.30. The van der Waals surface area contributed by atoms with Crippen molar-refractivity contribution in [3.8, 4) is 0 Å². The molecule has 0 amide bonds. The van der Waals surface area contributed by atoms with Gasteiger partial charge in [0.25, 0.3) is 0 Å². The van der Waals surface area contributed by atoms with Crippen LogP contribution in [0.1, 0.15) is 25.7 Å². The fraction of sp³-hybridized carbons (Fsp3) is 0.900. The van der Waals surface area contributed by atoms with E-state index < -0.39 is 0 Å². The van der Waals surface area contributed by atoms with Crippen LogP contribution in [0.4, 0.5) is 0 Å². The normalized spacial score (nSPS) is 36.2. The minimum absolute atomic E-state index is 0.00319. The van der Waals surface area contributed by atoms with Gasteiger partial charge in [-0.2, -0.15) is 0 Å². The average Bonchev–Trinajstić information content (AvgIpc) is 2.51. The van der Waals surface area contributed by atoms with Gasteiger partial charge in [0.05, 0.1) is 6.61 Å². The van der Waals surface area contributed by atoms with Crippen molar-refractivity contribution in [1.29, 1.82) is 0 Å². The molecule has 0 aliphatic carbocycles. The van der Waals surface area contributed by atoms with E-state index in [4.69, 9.17) is 4.74 Å². The molecule has 2 atom stereocenters. The van der Waals surface area contributed by atoms with Crippen LogP contribution in [0.25, 0.3) is 0 Å². The van der Waals surface area contributed by atoms with Crippen LogP contribution >= 0.6 is 0 Å². The van der Waals surface area contributed by atoms with Crippen molar-refractivity contribution in [3.63, 3.8) is 0 Å². The number of rotatable bonds is 1. The summed E-state index contributed by atoms with van der Waals surface area (Å²) in [6.07, 6.45) is 4.23. The zero-order valence-electron chi connectivity index (χ0n) is 8.16. The van der Waals surface area contributed by atoms with Crippen molar-refractivity contribution >= 4 is 5.97 Å². The molecule has 3 heteroatoms. The summed E-state index contributed by atoms with van der Waals surface area (Å²) in [5.41, 5.74) is 0. The number of nitrogens with zero attached hydrogens (tertiary/aromatic N) is 1. The highest BCUT2D eigenvalue weighted by molar-refractivity contribution is 5.70.